The van der Waals surface area contributed by atoms with Gasteiger partial charge >= 0.3 is 5.63 Å². The summed E-state index contributed by atoms with van der Waals surface area (Å²) in [6, 6.07) is 22.9. The number of hydrogen-bond donors (Lipinski definition) is 2. The Bertz CT molecular complexity index is 1760. The van der Waals surface area contributed by atoms with Gasteiger partial charge in [0.15, 0.2) is 10.9 Å². The molecule has 7 nitrogen and oxygen atoms in total. The number of carbonyl (C=O) groups is 1. The number of rotatable bonds is 5. The van der Waals surface area contributed by atoms with Gasteiger partial charge in [0.2, 0.25) is 0 Å². The van der Waals surface area contributed by atoms with E-state index in [4.69, 9.17) is 37.4 Å². The van der Waals surface area contributed by atoms with Crippen molar-refractivity contribution >= 4 is 51.5 Å². The third kappa shape index (κ3) is 5.18. The Kier molecular flexibility index (Phi) is 7.00. The molecular weight excluding hydrogens is 524 g/mol. The first-order valence-electron chi connectivity index (χ1n) is 11.5. The summed E-state index contributed by atoms with van der Waals surface area (Å²) in [5, 5.41) is 6.98. The highest BCUT2D eigenvalue weighted by Gasteiger charge is 2.16. The second-order valence-electron chi connectivity index (χ2n) is 8.44. The Morgan fingerprint density at radius 3 is 2.53 bits per heavy atom. The van der Waals surface area contributed by atoms with Crippen LogP contribution in [0.25, 0.3) is 33.4 Å². The topological polar surface area (TPSA) is 93.7 Å². The number of furan rings is 1. The van der Waals surface area contributed by atoms with Gasteiger partial charge in [-0.05, 0) is 72.7 Å². The van der Waals surface area contributed by atoms with E-state index in [-0.39, 0.29) is 10.9 Å². The van der Waals surface area contributed by atoms with Crippen molar-refractivity contribution in [3.8, 4) is 28.2 Å². The Morgan fingerprint density at radius 1 is 0.947 bits per heavy atom. The van der Waals surface area contributed by atoms with Crippen LogP contribution in [0.15, 0.2) is 92.5 Å². The number of thiocarbonyl (C=S) groups is 1. The van der Waals surface area contributed by atoms with Crippen molar-refractivity contribution in [3.63, 3.8) is 0 Å². The van der Waals surface area contributed by atoms with Crippen LogP contribution in [-0.2, 0) is 0 Å². The summed E-state index contributed by atoms with van der Waals surface area (Å²) in [4.78, 5) is 25.4. The van der Waals surface area contributed by atoms with Crippen molar-refractivity contribution in [3.05, 3.63) is 106 Å². The van der Waals surface area contributed by atoms with Crippen molar-refractivity contribution < 1.29 is 18.4 Å². The molecule has 0 saturated heterocycles. The van der Waals surface area contributed by atoms with Crippen LogP contribution in [0, 0.1) is 6.92 Å². The van der Waals surface area contributed by atoms with E-state index in [1.807, 2.05) is 31.2 Å². The van der Waals surface area contributed by atoms with Crippen molar-refractivity contribution in [2.45, 2.75) is 6.92 Å². The van der Waals surface area contributed by atoms with Crippen LogP contribution >= 0.6 is 23.8 Å². The van der Waals surface area contributed by atoms with Crippen LogP contribution in [0.5, 0.6) is 5.75 Å². The number of para-hydroxylation sites is 1. The normalized spacial score (nSPS) is 10.8. The molecule has 0 atom stereocenters. The minimum absolute atomic E-state index is 0.0207. The number of anilines is 1. The largest absolute Gasteiger partial charge is 0.495 e. The van der Waals surface area contributed by atoms with Gasteiger partial charge in [0.05, 0.1) is 18.4 Å². The molecule has 5 rings (SSSR count). The van der Waals surface area contributed by atoms with E-state index in [1.54, 1.807) is 54.6 Å². The van der Waals surface area contributed by atoms with Crippen LogP contribution in [0.4, 0.5) is 5.69 Å². The maximum Gasteiger partial charge on any atom is 0.344 e. The quantitative estimate of drug-likeness (QED) is 0.185. The second kappa shape index (κ2) is 10.5. The number of nitrogens with one attached hydrogen (secondary N) is 2. The standard InChI is InChI=1S/C29H21ClN2O5S/c1-16-7-8-19(14-21(16)30)24-11-12-26(36-24)27(33)32-29(38)31-22-15-17(9-10-25(22)35-2)20-13-18-5-3-4-6-23(18)37-28(20)34/h3-15H,1-2H3,(H2,31,32,33,38). The average molecular weight is 545 g/mol. The minimum atomic E-state index is -0.530. The number of ether oxygens (including phenoxy) is 1. The lowest BCUT2D eigenvalue weighted by Crippen LogP contribution is -2.34. The summed E-state index contributed by atoms with van der Waals surface area (Å²) in [6.07, 6.45) is 0. The van der Waals surface area contributed by atoms with Gasteiger partial charge in [-0.15, -0.1) is 0 Å². The zero-order valence-corrected chi connectivity index (χ0v) is 21.9. The summed E-state index contributed by atoms with van der Waals surface area (Å²) in [5.41, 5.74) is 3.15. The van der Waals surface area contributed by atoms with E-state index >= 15 is 0 Å². The van der Waals surface area contributed by atoms with Crippen molar-refractivity contribution in [1.82, 2.24) is 5.32 Å². The second-order valence-corrected chi connectivity index (χ2v) is 9.25. The monoisotopic (exact) mass is 544 g/mol. The number of carbonyl (C=O) groups excluding carboxylic acids is 1. The number of fused-ring (bicyclic) bond motifs is 1. The fraction of sp³-hybridized carbons (Fsp3) is 0.0690. The lowest BCUT2D eigenvalue weighted by Gasteiger charge is -2.14. The first-order valence-corrected chi connectivity index (χ1v) is 12.3. The number of benzene rings is 3. The summed E-state index contributed by atoms with van der Waals surface area (Å²) < 4.78 is 16.6. The molecule has 190 valence electrons. The van der Waals surface area contributed by atoms with Gasteiger partial charge in [0.25, 0.3) is 5.91 Å². The van der Waals surface area contributed by atoms with Gasteiger partial charge in [0.1, 0.15) is 17.1 Å². The van der Waals surface area contributed by atoms with E-state index in [1.165, 1.54) is 7.11 Å². The summed E-state index contributed by atoms with van der Waals surface area (Å²) >= 11 is 11.6. The van der Waals surface area contributed by atoms with E-state index < -0.39 is 11.5 Å². The molecule has 2 heterocycles. The molecule has 0 aliphatic rings. The molecule has 0 fully saturated rings. The smallest absolute Gasteiger partial charge is 0.344 e. The van der Waals surface area contributed by atoms with Gasteiger partial charge in [-0.25, -0.2) is 4.79 Å². The third-order valence-corrected chi connectivity index (χ3v) is 6.52. The van der Waals surface area contributed by atoms with Crippen LogP contribution in [0.3, 0.4) is 0 Å². The van der Waals surface area contributed by atoms with Gasteiger partial charge < -0.3 is 18.9 Å². The molecule has 9 heteroatoms. The zero-order chi connectivity index (χ0) is 26.8. The molecule has 0 aliphatic carbocycles. The molecule has 1 amide bonds. The molecule has 0 aliphatic heterocycles. The molecule has 0 saturated carbocycles. The fourth-order valence-electron chi connectivity index (χ4n) is 3.92. The SMILES string of the molecule is COc1ccc(-c2cc3ccccc3oc2=O)cc1NC(=S)NC(=O)c1ccc(-c2ccc(C)c(Cl)c2)o1. The van der Waals surface area contributed by atoms with Gasteiger partial charge in [-0.2, -0.15) is 0 Å². The zero-order valence-electron chi connectivity index (χ0n) is 20.3. The summed E-state index contributed by atoms with van der Waals surface area (Å²) in [7, 11) is 1.51. The van der Waals surface area contributed by atoms with Crippen LogP contribution in [-0.4, -0.2) is 18.1 Å². The molecule has 5 aromatic rings. The van der Waals surface area contributed by atoms with Crippen LogP contribution < -0.4 is 21.0 Å². The van der Waals surface area contributed by atoms with Crippen LogP contribution in [0.1, 0.15) is 16.1 Å². The molecular formula is C29H21ClN2O5S. The number of halogens is 1. The van der Waals surface area contributed by atoms with Crippen molar-refractivity contribution in [2.24, 2.45) is 0 Å². The van der Waals surface area contributed by atoms with Crippen molar-refractivity contribution in [2.75, 3.05) is 12.4 Å². The molecule has 0 unspecified atom stereocenters. The van der Waals surface area contributed by atoms with E-state index in [0.717, 1.165) is 16.5 Å². The Hall–Kier alpha value is -4.40. The average Bonchev–Trinajstić information content (AvgIpc) is 3.40. The highest BCUT2D eigenvalue weighted by Crippen LogP contribution is 2.31. The Labute approximate surface area is 228 Å². The molecule has 2 N–H and O–H groups in total. The Balaban J connectivity index is 1.35. The molecule has 0 bridgehead atoms. The van der Waals surface area contributed by atoms with Crippen molar-refractivity contribution in [1.29, 1.82) is 0 Å². The van der Waals surface area contributed by atoms with E-state index in [2.05, 4.69) is 10.6 Å². The number of hydrogen-bond acceptors (Lipinski definition) is 6. The van der Waals surface area contributed by atoms with Crippen LogP contribution in [0.2, 0.25) is 5.02 Å². The highest BCUT2D eigenvalue weighted by molar-refractivity contribution is 7.80. The number of methoxy groups -OCH3 is 1. The fourth-order valence-corrected chi connectivity index (χ4v) is 4.30. The lowest BCUT2D eigenvalue weighted by molar-refractivity contribution is 0.0951. The maximum absolute atomic E-state index is 12.8. The number of amides is 1. The molecule has 0 radical (unpaired) electrons. The minimum Gasteiger partial charge on any atom is -0.495 e. The highest BCUT2D eigenvalue weighted by atomic mass is 35.5. The Morgan fingerprint density at radius 2 is 1.74 bits per heavy atom. The van der Waals surface area contributed by atoms with Gasteiger partial charge in [0, 0.05) is 16.0 Å². The molecule has 2 aromatic heterocycles. The van der Waals surface area contributed by atoms with Gasteiger partial charge in [-0.3, -0.25) is 10.1 Å². The predicted octanol–water partition coefficient (Wildman–Crippen LogP) is 6.82. The first-order chi connectivity index (χ1) is 18.3. The summed E-state index contributed by atoms with van der Waals surface area (Å²) in [6.45, 7) is 1.91. The summed E-state index contributed by atoms with van der Waals surface area (Å²) in [5.74, 6) is 0.513. The molecule has 3 aromatic carbocycles. The van der Waals surface area contributed by atoms with Gasteiger partial charge in [-0.1, -0.05) is 48.0 Å². The number of aryl methyl sites for hydroxylation is 1. The molecule has 38 heavy (non-hydrogen) atoms. The molecule has 0 spiro atoms. The van der Waals surface area contributed by atoms with E-state index in [0.29, 0.717) is 38.9 Å². The lowest BCUT2D eigenvalue weighted by atomic mass is 10.0. The van der Waals surface area contributed by atoms with E-state index in [9.17, 15) is 9.59 Å². The predicted molar refractivity (Wildman–Crippen MR) is 152 cm³/mol. The third-order valence-electron chi connectivity index (χ3n) is 5.91. The maximum atomic E-state index is 12.8. The first kappa shape index (κ1) is 25.3.